The van der Waals surface area contributed by atoms with Crippen molar-refractivity contribution in [2.75, 3.05) is 31.2 Å². The first-order chi connectivity index (χ1) is 10.9. The Morgan fingerprint density at radius 3 is 2.68 bits per heavy atom. The van der Waals surface area contributed by atoms with Gasteiger partial charge in [0.1, 0.15) is 5.82 Å². The van der Waals surface area contributed by atoms with Gasteiger partial charge in [0.2, 0.25) is 0 Å². The van der Waals surface area contributed by atoms with Crippen LogP contribution in [0, 0.1) is 0 Å². The molecule has 6 nitrogen and oxygen atoms in total. The van der Waals surface area contributed by atoms with E-state index in [0.717, 1.165) is 43.1 Å². The largest absolute Gasteiger partial charge is 0.378 e. The highest BCUT2D eigenvalue weighted by Crippen LogP contribution is 2.19. The Labute approximate surface area is 127 Å². The lowest BCUT2D eigenvalue weighted by Gasteiger charge is -2.27. The zero-order valence-corrected chi connectivity index (χ0v) is 12.0. The standard InChI is InChI=1S/C16H15N5O/c1-2-12-11-19-16(20-15(12)17-5-1)13-3-4-14(18-10-13)21-6-8-22-9-7-21/h1-5,10-11H,6-9H2. The van der Waals surface area contributed by atoms with Crippen LogP contribution in [0.4, 0.5) is 5.82 Å². The molecule has 4 heterocycles. The number of anilines is 1. The van der Waals surface area contributed by atoms with Crippen LogP contribution in [0.5, 0.6) is 0 Å². The van der Waals surface area contributed by atoms with Crippen molar-refractivity contribution in [3.05, 3.63) is 42.9 Å². The molecule has 1 aliphatic heterocycles. The fraction of sp³-hybridized carbons (Fsp3) is 0.250. The number of fused-ring (bicyclic) bond motifs is 1. The lowest BCUT2D eigenvalue weighted by molar-refractivity contribution is 0.122. The number of ether oxygens (including phenoxy) is 1. The van der Waals surface area contributed by atoms with Gasteiger partial charge < -0.3 is 9.64 Å². The molecule has 1 saturated heterocycles. The van der Waals surface area contributed by atoms with Gasteiger partial charge in [-0.15, -0.1) is 0 Å². The predicted octanol–water partition coefficient (Wildman–Crippen LogP) is 1.92. The fourth-order valence-corrected chi connectivity index (χ4v) is 2.50. The molecule has 0 radical (unpaired) electrons. The summed E-state index contributed by atoms with van der Waals surface area (Å²) in [6.45, 7) is 3.26. The van der Waals surface area contributed by atoms with E-state index in [2.05, 4.69) is 24.8 Å². The van der Waals surface area contributed by atoms with Crippen molar-refractivity contribution in [1.29, 1.82) is 0 Å². The fourth-order valence-electron chi connectivity index (χ4n) is 2.50. The van der Waals surface area contributed by atoms with E-state index in [1.807, 2.05) is 30.5 Å². The highest BCUT2D eigenvalue weighted by Gasteiger charge is 2.12. The molecule has 0 saturated carbocycles. The van der Waals surface area contributed by atoms with Gasteiger partial charge in [-0.1, -0.05) is 0 Å². The average Bonchev–Trinajstić information content (AvgIpc) is 2.62. The third-order valence-corrected chi connectivity index (χ3v) is 3.70. The molecule has 1 fully saturated rings. The molecule has 3 aromatic heterocycles. The minimum absolute atomic E-state index is 0.646. The Kier molecular flexibility index (Phi) is 3.36. The van der Waals surface area contributed by atoms with Crippen molar-refractivity contribution in [2.45, 2.75) is 0 Å². The van der Waals surface area contributed by atoms with Crippen molar-refractivity contribution in [3.63, 3.8) is 0 Å². The quantitative estimate of drug-likeness (QED) is 0.719. The first-order valence-corrected chi connectivity index (χ1v) is 7.27. The van der Waals surface area contributed by atoms with Crippen LogP contribution in [-0.4, -0.2) is 46.2 Å². The summed E-state index contributed by atoms with van der Waals surface area (Å²) < 4.78 is 5.36. The van der Waals surface area contributed by atoms with E-state index in [9.17, 15) is 0 Å². The maximum absolute atomic E-state index is 5.36. The lowest BCUT2D eigenvalue weighted by Crippen LogP contribution is -2.36. The van der Waals surface area contributed by atoms with Gasteiger partial charge in [0, 0.05) is 42.6 Å². The van der Waals surface area contributed by atoms with Gasteiger partial charge >= 0.3 is 0 Å². The summed E-state index contributed by atoms with van der Waals surface area (Å²) in [5.41, 5.74) is 1.59. The summed E-state index contributed by atoms with van der Waals surface area (Å²) in [6, 6.07) is 7.84. The molecule has 0 spiro atoms. The molecule has 1 aliphatic rings. The molecule has 110 valence electrons. The molecule has 0 bridgehead atoms. The Morgan fingerprint density at radius 2 is 1.86 bits per heavy atom. The topological polar surface area (TPSA) is 64.0 Å². The van der Waals surface area contributed by atoms with E-state index >= 15 is 0 Å². The number of hydrogen-bond acceptors (Lipinski definition) is 6. The van der Waals surface area contributed by atoms with Gasteiger partial charge in [-0.05, 0) is 24.3 Å². The Hall–Kier alpha value is -2.60. The monoisotopic (exact) mass is 293 g/mol. The van der Waals surface area contributed by atoms with Gasteiger partial charge in [-0.2, -0.15) is 0 Å². The van der Waals surface area contributed by atoms with E-state index < -0.39 is 0 Å². The lowest BCUT2D eigenvalue weighted by atomic mass is 10.2. The van der Waals surface area contributed by atoms with E-state index in [4.69, 9.17) is 4.74 Å². The number of hydrogen-bond donors (Lipinski definition) is 0. The predicted molar refractivity (Wildman–Crippen MR) is 83.6 cm³/mol. The first-order valence-electron chi connectivity index (χ1n) is 7.27. The Morgan fingerprint density at radius 1 is 0.955 bits per heavy atom. The normalized spacial score (nSPS) is 15.2. The highest BCUT2D eigenvalue weighted by molar-refractivity contribution is 5.75. The Balaban J connectivity index is 1.63. The van der Waals surface area contributed by atoms with Crippen molar-refractivity contribution in [3.8, 4) is 11.4 Å². The van der Waals surface area contributed by atoms with Crippen molar-refractivity contribution >= 4 is 16.9 Å². The summed E-state index contributed by atoms with van der Waals surface area (Å²) in [7, 11) is 0. The molecule has 0 amide bonds. The molecule has 0 aromatic carbocycles. The summed E-state index contributed by atoms with van der Waals surface area (Å²) in [5.74, 6) is 1.61. The molecule has 4 rings (SSSR count). The van der Waals surface area contributed by atoms with E-state index in [1.54, 1.807) is 12.4 Å². The molecule has 22 heavy (non-hydrogen) atoms. The summed E-state index contributed by atoms with van der Waals surface area (Å²) >= 11 is 0. The maximum atomic E-state index is 5.36. The smallest absolute Gasteiger partial charge is 0.163 e. The van der Waals surface area contributed by atoms with Crippen LogP contribution in [0.25, 0.3) is 22.4 Å². The highest BCUT2D eigenvalue weighted by atomic mass is 16.5. The molecule has 0 aliphatic carbocycles. The molecule has 0 unspecified atom stereocenters. The number of morpholine rings is 1. The third-order valence-electron chi connectivity index (χ3n) is 3.70. The second kappa shape index (κ2) is 5.65. The first kappa shape index (κ1) is 13.1. The van der Waals surface area contributed by atoms with Crippen LogP contribution >= 0.6 is 0 Å². The van der Waals surface area contributed by atoms with Crippen molar-refractivity contribution < 1.29 is 4.74 Å². The van der Waals surface area contributed by atoms with Crippen molar-refractivity contribution in [1.82, 2.24) is 19.9 Å². The van der Waals surface area contributed by atoms with Crippen LogP contribution in [0.3, 0.4) is 0 Å². The van der Waals surface area contributed by atoms with Crippen LogP contribution in [0.2, 0.25) is 0 Å². The SMILES string of the molecule is c1cnc2nc(-c3ccc(N4CCOCC4)nc3)ncc2c1. The van der Waals surface area contributed by atoms with E-state index in [0.29, 0.717) is 11.5 Å². The molecular formula is C16H15N5O. The second-order valence-corrected chi connectivity index (χ2v) is 5.11. The van der Waals surface area contributed by atoms with E-state index in [1.165, 1.54) is 0 Å². The summed E-state index contributed by atoms with van der Waals surface area (Å²) in [4.78, 5) is 19.9. The minimum Gasteiger partial charge on any atom is -0.378 e. The van der Waals surface area contributed by atoms with Crippen molar-refractivity contribution in [2.24, 2.45) is 0 Å². The number of nitrogens with zero attached hydrogens (tertiary/aromatic N) is 5. The summed E-state index contributed by atoms with van der Waals surface area (Å²) in [6.07, 6.45) is 5.34. The van der Waals surface area contributed by atoms with Crippen LogP contribution in [0.1, 0.15) is 0 Å². The average molecular weight is 293 g/mol. The van der Waals surface area contributed by atoms with Gasteiger partial charge in [-0.25, -0.2) is 19.9 Å². The third kappa shape index (κ3) is 2.48. The number of rotatable bonds is 2. The second-order valence-electron chi connectivity index (χ2n) is 5.11. The van der Waals surface area contributed by atoms with Gasteiger partial charge in [0.15, 0.2) is 11.5 Å². The molecular weight excluding hydrogens is 278 g/mol. The minimum atomic E-state index is 0.646. The number of pyridine rings is 2. The zero-order chi connectivity index (χ0) is 14.8. The van der Waals surface area contributed by atoms with Crippen LogP contribution < -0.4 is 4.90 Å². The zero-order valence-electron chi connectivity index (χ0n) is 12.0. The van der Waals surface area contributed by atoms with Crippen LogP contribution in [-0.2, 0) is 4.74 Å². The molecule has 0 N–H and O–H groups in total. The van der Waals surface area contributed by atoms with Gasteiger partial charge in [0.25, 0.3) is 0 Å². The number of aromatic nitrogens is 4. The van der Waals surface area contributed by atoms with E-state index in [-0.39, 0.29) is 0 Å². The molecule has 3 aromatic rings. The molecule has 0 atom stereocenters. The van der Waals surface area contributed by atoms with Gasteiger partial charge in [-0.3, -0.25) is 0 Å². The van der Waals surface area contributed by atoms with Gasteiger partial charge in [0.05, 0.1) is 13.2 Å². The summed E-state index contributed by atoms with van der Waals surface area (Å²) in [5, 5.41) is 0.934. The van der Waals surface area contributed by atoms with Crippen LogP contribution in [0.15, 0.2) is 42.9 Å². The Bertz CT molecular complexity index is 784. The maximum Gasteiger partial charge on any atom is 0.163 e. The molecule has 6 heteroatoms.